The number of rotatable bonds is 3. The molecule has 0 spiro atoms. The number of amides is 2. The molecule has 0 saturated carbocycles. The molecular formula is C17H17N5O2. The number of fused-ring (bicyclic) bond motifs is 1. The van der Waals surface area contributed by atoms with Crippen LogP contribution >= 0.6 is 0 Å². The highest BCUT2D eigenvalue weighted by molar-refractivity contribution is 6.03. The maximum absolute atomic E-state index is 12.4. The monoisotopic (exact) mass is 323 g/mol. The molecule has 3 rings (SSSR count). The molecule has 0 bridgehead atoms. The molecule has 2 N–H and O–H groups in total. The summed E-state index contributed by atoms with van der Waals surface area (Å²) in [4.78, 5) is 27.8. The van der Waals surface area contributed by atoms with Gasteiger partial charge < -0.3 is 10.6 Å². The normalized spacial score (nSPS) is 10.6. The van der Waals surface area contributed by atoms with Gasteiger partial charge in [-0.25, -0.2) is 9.50 Å². The van der Waals surface area contributed by atoms with E-state index in [0.717, 1.165) is 11.4 Å². The molecule has 0 unspecified atom stereocenters. The molecule has 0 fully saturated rings. The first-order valence-corrected chi connectivity index (χ1v) is 7.45. The molecule has 7 heteroatoms. The summed E-state index contributed by atoms with van der Waals surface area (Å²) in [5.41, 5.74) is 3.93. The van der Waals surface area contributed by atoms with Gasteiger partial charge in [-0.3, -0.25) is 9.59 Å². The number of nitrogens with zero attached hydrogens (tertiary/aromatic N) is 3. The molecule has 122 valence electrons. The van der Waals surface area contributed by atoms with E-state index >= 15 is 0 Å². The molecule has 24 heavy (non-hydrogen) atoms. The third-order valence-corrected chi connectivity index (χ3v) is 3.42. The van der Waals surface area contributed by atoms with E-state index in [0.29, 0.717) is 22.7 Å². The minimum atomic E-state index is -0.299. The minimum Gasteiger partial charge on any atom is -0.326 e. The number of benzene rings is 1. The standard InChI is InChI=1S/C17H17N5O2/c1-10-8-16-20-15(9-11(2)22(16)21-10)17(24)19-14-6-4-13(5-7-14)18-12(3)23/h4-9H,1-3H3,(H,18,23)(H,19,24). The zero-order valence-electron chi connectivity index (χ0n) is 13.6. The summed E-state index contributed by atoms with van der Waals surface area (Å²) in [7, 11) is 0. The molecule has 2 amide bonds. The number of aryl methyl sites for hydroxylation is 2. The smallest absolute Gasteiger partial charge is 0.274 e. The molecule has 1 aromatic carbocycles. The van der Waals surface area contributed by atoms with Crippen LogP contribution in [0.15, 0.2) is 36.4 Å². The lowest BCUT2D eigenvalue weighted by Crippen LogP contribution is -2.15. The largest absolute Gasteiger partial charge is 0.326 e. The number of nitrogens with one attached hydrogen (secondary N) is 2. The van der Waals surface area contributed by atoms with E-state index in [1.807, 2.05) is 19.9 Å². The number of anilines is 2. The van der Waals surface area contributed by atoms with Crippen molar-refractivity contribution in [2.75, 3.05) is 10.6 Å². The van der Waals surface area contributed by atoms with Gasteiger partial charge in [-0.1, -0.05) is 0 Å². The average molecular weight is 323 g/mol. The quantitative estimate of drug-likeness (QED) is 0.775. The van der Waals surface area contributed by atoms with Gasteiger partial charge in [0, 0.05) is 30.1 Å². The number of hydrogen-bond donors (Lipinski definition) is 2. The number of carbonyl (C=O) groups excluding carboxylic acids is 2. The fourth-order valence-electron chi connectivity index (χ4n) is 2.39. The van der Waals surface area contributed by atoms with Crippen LogP contribution < -0.4 is 10.6 Å². The van der Waals surface area contributed by atoms with Crippen molar-refractivity contribution in [1.82, 2.24) is 14.6 Å². The highest BCUT2D eigenvalue weighted by Gasteiger charge is 2.12. The van der Waals surface area contributed by atoms with Crippen LogP contribution in [0.5, 0.6) is 0 Å². The van der Waals surface area contributed by atoms with E-state index in [4.69, 9.17) is 0 Å². The van der Waals surface area contributed by atoms with Crippen LogP contribution in [0.4, 0.5) is 11.4 Å². The van der Waals surface area contributed by atoms with Gasteiger partial charge in [0.05, 0.1) is 5.69 Å². The Labute approximate surface area is 138 Å². The Morgan fingerprint density at radius 2 is 1.62 bits per heavy atom. The van der Waals surface area contributed by atoms with Gasteiger partial charge in [0.15, 0.2) is 5.65 Å². The molecule has 0 radical (unpaired) electrons. The summed E-state index contributed by atoms with van der Waals surface area (Å²) in [5, 5.41) is 9.79. The molecule has 2 aromatic heterocycles. The Kier molecular flexibility index (Phi) is 3.99. The van der Waals surface area contributed by atoms with Crippen LogP contribution in [0.1, 0.15) is 28.8 Å². The van der Waals surface area contributed by atoms with Crippen LogP contribution in [0.2, 0.25) is 0 Å². The molecule has 2 heterocycles. The fourth-order valence-corrected chi connectivity index (χ4v) is 2.39. The molecule has 3 aromatic rings. The molecule has 0 aliphatic carbocycles. The van der Waals surface area contributed by atoms with E-state index in [2.05, 4.69) is 20.7 Å². The number of aromatic nitrogens is 3. The van der Waals surface area contributed by atoms with Crippen molar-refractivity contribution in [3.05, 3.63) is 53.5 Å². The van der Waals surface area contributed by atoms with Crippen molar-refractivity contribution in [1.29, 1.82) is 0 Å². The van der Waals surface area contributed by atoms with Gasteiger partial charge in [-0.15, -0.1) is 0 Å². The van der Waals surface area contributed by atoms with Crippen molar-refractivity contribution >= 4 is 28.8 Å². The van der Waals surface area contributed by atoms with Crippen molar-refractivity contribution in [3.63, 3.8) is 0 Å². The van der Waals surface area contributed by atoms with Gasteiger partial charge in [0.25, 0.3) is 5.91 Å². The topological polar surface area (TPSA) is 88.4 Å². The Bertz CT molecular complexity index is 928. The van der Waals surface area contributed by atoms with Crippen LogP contribution in [0, 0.1) is 13.8 Å². The van der Waals surface area contributed by atoms with E-state index in [1.165, 1.54) is 6.92 Å². The SMILES string of the molecule is CC(=O)Nc1ccc(NC(=O)c2cc(C)n3nc(C)cc3n2)cc1. The highest BCUT2D eigenvalue weighted by Crippen LogP contribution is 2.15. The van der Waals surface area contributed by atoms with Crippen molar-refractivity contribution < 1.29 is 9.59 Å². The van der Waals surface area contributed by atoms with Crippen molar-refractivity contribution in [3.8, 4) is 0 Å². The fraction of sp³-hybridized carbons (Fsp3) is 0.176. The number of hydrogen-bond acceptors (Lipinski definition) is 4. The van der Waals surface area contributed by atoms with E-state index in [1.54, 1.807) is 34.8 Å². The van der Waals surface area contributed by atoms with Crippen LogP contribution in [0.3, 0.4) is 0 Å². The number of carbonyl (C=O) groups is 2. The lowest BCUT2D eigenvalue weighted by atomic mass is 10.2. The second-order valence-electron chi connectivity index (χ2n) is 5.55. The second-order valence-corrected chi connectivity index (χ2v) is 5.55. The van der Waals surface area contributed by atoms with Crippen molar-refractivity contribution in [2.45, 2.75) is 20.8 Å². The van der Waals surface area contributed by atoms with Crippen LogP contribution in [-0.2, 0) is 4.79 Å². The molecule has 0 saturated heterocycles. The third-order valence-electron chi connectivity index (χ3n) is 3.42. The first-order chi connectivity index (χ1) is 11.4. The summed E-state index contributed by atoms with van der Waals surface area (Å²) in [6.45, 7) is 5.20. The van der Waals surface area contributed by atoms with E-state index in [9.17, 15) is 9.59 Å². The van der Waals surface area contributed by atoms with Crippen molar-refractivity contribution in [2.24, 2.45) is 0 Å². The minimum absolute atomic E-state index is 0.143. The van der Waals surface area contributed by atoms with Crippen LogP contribution in [-0.4, -0.2) is 26.4 Å². The van der Waals surface area contributed by atoms with Gasteiger partial charge in [0.1, 0.15) is 5.69 Å². The van der Waals surface area contributed by atoms with Crippen LogP contribution in [0.25, 0.3) is 5.65 Å². The predicted molar refractivity (Wildman–Crippen MR) is 91.2 cm³/mol. The van der Waals surface area contributed by atoms with Gasteiger partial charge in [-0.05, 0) is 44.2 Å². The second kappa shape index (κ2) is 6.11. The van der Waals surface area contributed by atoms with Gasteiger partial charge in [0.2, 0.25) is 5.91 Å². The van der Waals surface area contributed by atoms with Gasteiger partial charge in [-0.2, -0.15) is 5.10 Å². The Hall–Kier alpha value is -3.22. The Morgan fingerprint density at radius 3 is 2.25 bits per heavy atom. The maximum Gasteiger partial charge on any atom is 0.274 e. The van der Waals surface area contributed by atoms with Gasteiger partial charge >= 0.3 is 0 Å². The zero-order chi connectivity index (χ0) is 17.3. The summed E-state index contributed by atoms with van der Waals surface area (Å²) < 4.78 is 1.70. The first-order valence-electron chi connectivity index (χ1n) is 7.45. The van der Waals surface area contributed by atoms with E-state index in [-0.39, 0.29) is 11.8 Å². The maximum atomic E-state index is 12.4. The molecule has 0 atom stereocenters. The highest BCUT2D eigenvalue weighted by atomic mass is 16.2. The molecule has 0 aliphatic heterocycles. The third kappa shape index (κ3) is 3.24. The lowest BCUT2D eigenvalue weighted by Gasteiger charge is -2.08. The summed E-state index contributed by atoms with van der Waals surface area (Å²) in [5.74, 6) is -0.442. The average Bonchev–Trinajstić information content (AvgIpc) is 2.89. The van der Waals surface area contributed by atoms with E-state index < -0.39 is 0 Å². The summed E-state index contributed by atoms with van der Waals surface area (Å²) in [6, 6.07) is 10.4. The summed E-state index contributed by atoms with van der Waals surface area (Å²) in [6.07, 6.45) is 0. The predicted octanol–water partition coefficient (Wildman–Crippen LogP) is 2.56. The molecule has 0 aliphatic rings. The lowest BCUT2D eigenvalue weighted by molar-refractivity contribution is -0.114. The Morgan fingerprint density at radius 1 is 1.00 bits per heavy atom. The summed E-state index contributed by atoms with van der Waals surface area (Å²) >= 11 is 0. The molecular weight excluding hydrogens is 306 g/mol. The molecule has 7 nitrogen and oxygen atoms in total. The first kappa shape index (κ1) is 15.7. The Balaban J connectivity index is 1.80. The zero-order valence-corrected chi connectivity index (χ0v) is 13.6.